The molecule has 1 aliphatic rings. The fourth-order valence-electron chi connectivity index (χ4n) is 2.59. The van der Waals surface area contributed by atoms with E-state index in [9.17, 15) is 4.79 Å². The highest BCUT2D eigenvalue weighted by Crippen LogP contribution is 2.35. The van der Waals surface area contributed by atoms with Crippen LogP contribution in [-0.4, -0.2) is 36.5 Å². The molecule has 3 nitrogen and oxygen atoms in total. The Morgan fingerprint density at radius 3 is 2.39 bits per heavy atom. The number of hydrogen-bond donors (Lipinski definition) is 1. The van der Waals surface area contributed by atoms with E-state index in [-0.39, 0.29) is 16.9 Å². The lowest BCUT2D eigenvalue weighted by Crippen LogP contribution is -2.53. The van der Waals surface area contributed by atoms with E-state index in [1.807, 2.05) is 11.9 Å². The summed E-state index contributed by atoms with van der Waals surface area (Å²) in [4.78, 5) is 14.7. The molecule has 3 heteroatoms. The minimum atomic E-state index is -0.269. The van der Waals surface area contributed by atoms with E-state index in [0.29, 0.717) is 5.92 Å². The van der Waals surface area contributed by atoms with Crippen molar-refractivity contribution in [3.05, 3.63) is 0 Å². The molecule has 0 aromatic carbocycles. The van der Waals surface area contributed by atoms with E-state index in [2.05, 4.69) is 39.9 Å². The van der Waals surface area contributed by atoms with E-state index >= 15 is 0 Å². The predicted molar refractivity (Wildman–Crippen MR) is 76.5 cm³/mol. The fourth-order valence-corrected chi connectivity index (χ4v) is 2.59. The maximum absolute atomic E-state index is 12.8. The number of nitrogens with one attached hydrogen (secondary N) is 1. The highest BCUT2D eigenvalue weighted by atomic mass is 16.2. The van der Waals surface area contributed by atoms with Gasteiger partial charge in [-0.1, -0.05) is 20.8 Å². The molecule has 1 atom stereocenters. The molecule has 0 radical (unpaired) electrons. The molecule has 1 heterocycles. The van der Waals surface area contributed by atoms with Crippen LogP contribution in [0.25, 0.3) is 0 Å². The third-order valence-corrected chi connectivity index (χ3v) is 4.95. The topological polar surface area (TPSA) is 32.3 Å². The quantitative estimate of drug-likeness (QED) is 0.836. The first kappa shape index (κ1) is 15.5. The van der Waals surface area contributed by atoms with Crippen molar-refractivity contribution in [2.75, 3.05) is 20.1 Å². The lowest BCUT2D eigenvalue weighted by Gasteiger charge is -2.43. The number of carbonyl (C=O) groups is 1. The van der Waals surface area contributed by atoms with E-state index < -0.39 is 0 Å². The van der Waals surface area contributed by atoms with Crippen LogP contribution < -0.4 is 5.32 Å². The Morgan fingerprint density at radius 1 is 1.33 bits per heavy atom. The van der Waals surface area contributed by atoms with Crippen LogP contribution in [0, 0.1) is 11.3 Å². The van der Waals surface area contributed by atoms with Gasteiger partial charge in [-0.3, -0.25) is 4.79 Å². The summed E-state index contributed by atoms with van der Waals surface area (Å²) in [6.07, 6.45) is 3.32. The molecule has 0 bridgehead atoms. The van der Waals surface area contributed by atoms with Crippen molar-refractivity contribution in [3.63, 3.8) is 0 Å². The Bertz CT molecular complexity index is 291. The average molecular weight is 254 g/mol. The van der Waals surface area contributed by atoms with Crippen molar-refractivity contribution in [3.8, 4) is 0 Å². The van der Waals surface area contributed by atoms with Gasteiger partial charge in [0.05, 0.1) is 0 Å². The summed E-state index contributed by atoms with van der Waals surface area (Å²) < 4.78 is 0. The van der Waals surface area contributed by atoms with Crippen molar-refractivity contribution in [2.24, 2.45) is 11.3 Å². The largest absolute Gasteiger partial charge is 0.340 e. The van der Waals surface area contributed by atoms with Crippen LogP contribution in [-0.2, 0) is 4.79 Å². The van der Waals surface area contributed by atoms with E-state index in [4.69, 9.17) is 0 Å². The molecule has 0 saturated carbocycles. The van der Waals surface area contributed by atoms with Crippen molar-refractivity contribution in [2.45, 2.75) is 59.4 Å². The summed E-state index contributed by atoms with van der Waals surface area (Å²) in [7, 11) is 1.95. The van der Waals surface area contributed by atoms with Gasteiger partial charge in [0, 0.05) is 18.0 Å². The molecule has 106 valence electrons. The zero-order valence-corrected chi connectivity index (χ0v) is 13.0. The van der Waals surface area contributed by atoms with Crippen molar-refractivity contribution >= 4 is 5.91 Å². The van der Waals surface area contributed by atoms with Gasteiger partial charge in [-0.15, -0.1) is 0 Å². The van der Waals surface area contributed by atoms with Crippen LogP contribution in [0.3, 0.4) is 0 Å². The number of carbonyl (C=O) groups excluding carboxylic acids is 1. The molecule has 1 saturated heterocycles. The summed E-state index contributed by atoms with van der Waals surface area (Å²) in [6, 6.07) is 0. The van der Waals surface area contributed by atoms with E-state index in [0.717, 1.165) is 25.9 Å². The van der Waals surface area contributed by atoms with Crippen molar-refractivity contribution in [1.82, 2.24) is 10.2 Å². The van der Waals surface area contributed by atoms with Gasteiger partial charge in [0.25, 0.3) is 0 Å². The number of nitrogens with zero attached hydrogens (tertiary/aromatic N) is 1. The lowest BCUT2D eigenvalue weighted by molar-refractivity contribution is -0.147. The zero-order chi connectivity index (χ0) is 14.0. The van der Waals surface area contributed by atoms with Crippen molar-refractivity contribution < 1.29 is 4.79 Å². The third kappa shape index (κ3) is 3.05. The number of hydrogen-bond acceptors (Lipinski definition) is 2. The fraction of sp³-hybridized carbons (Fsp3) is 0.933. The second kappa shape index (κ2) is 5.60. The second-order valence-electron chi connectivity index (χ2n) is 6.80. The standard InChI is InChI=1S/C15H30N2O/c1-7-14(2,3)17(6)13(18)15(4,5)12-9-8-10-16-11-12/h12,16H,7-11H2,1-6H3. The molecule has 1 amide bonds. The Labute approximate surface area is 112 Å². The van der Waals surface area contributed by atoms with Crippen LogP contribution in [0.15, 0.2) is 0 Å². The van der Waals surface area contributed by atoms with Crippen molar-refractivity contribution in [1.29, 1.82) is 0 Å². The number of piperidine rings is 1. The number of rotatable bonds is 4. The van der Waals surface area contributed by atoms with Crippen LogP contribution >= 0.6 is 0 Å². The highest BCUT2D eigenvalue weighted by Gasteiger charge is 2.41. The van der Waals surface area contributed by atoms with Gasteiger partial charge in [0.1, 0.15) is 0 Å². The molecule has 0 aromatic heterocycles. The molecule has 1 rings (SSSR count). The van der Waals surface area contributed by atoms with Gasteiger partial charge < -0.3 is 10.2 Å². The summed E-state index contributed by atoms with van der Waals surface area (Å²) >= 11 is 0. The average Bonchev–Trinajstić information content (AvgIpc) is 2.37. The van der Waals surface area contributed by atoms with Gasteiger partial charge in [-0.25, -0.2) is 0 Å². The SMILES string of the molecule is CCC(C)(C)N(C)C(=O)C(C)(C)C1CCCNC1. The van der Waals surface area contributed by atoms with Crippen LogP contribution in [0.5, 0.6) is 0 Å². The van der Waals surface area contributed by atoms with Crippen LogP contribution in [0.1, 0.15) is 53.9 Å². The molecule has 0 aliphatic carbocycles. The summed E-state index contributed by atoms with van der Waals surface area (Å²) in [5.74, 6) is 0.733. The summed E-state index contributed by atoms with van der Waals surface area (Å²) in [5, 5.41) is 3.42. The van der Waals surface area contributed by atoms with Crippen LogP contribution in [0.4, 0.5) is 0 Å². The summed E-state index contributed by atoms with van der Waals surface area (Å²) in [6.45, 7) is 12.7. The van der Waals surface area contributed by atoms with Gasteiger partial charge in [0.2, 0.25) is 5.91 Å². The summed E-state index contributed by atoms with van der Waals surface area (Å²) in [5.41, 5.74) is -0.328. The maximum atomic E-state index is 12.8. The Balaban J connectivity index is 2.80. The minimum absolute atomic E-state index is 0.0591. The molecule has 0 spiro atoms. The maximum Gasteiger partial charge on any atom is 0.228 e. The highest BCUT2D eigenvalue weighted by molar-refractivity contribution is 5.82. The Morgan fingerprint density at radius 2 is 1.94 bits per heavy atom. The predicted octanol–water partition coefficient (Wildman–Crippen LogP) is 2.66. The molecular formula is C15H30N2O. The van der Waals surface area contributed by atoms with E-state index in [1.54, 1.807) is 0 Å². The van der Waals surface area contributed by atoms with Gasteiger partial charge in [-0.05, 0) is 52.1 Å². The van der Waals surface area contributed by atoms with Crippen LogP contribution in [0.2, 0.25) is 0 Å². The minimum Gasteiger partial charge on any atom is -0.340 e. The molecule has 1 unspecified atom stereocenters. The number of amides is 1. The molecular weight excluding hydrogens is 224 g/mol. The zero-order valence-electron chi connectivity index (χ0n) is 13.0. The molecule has 18 heavy (non-hydrogen) atoms. The molecule has 0 aromatic rings. The van der Waals surface area contributed by atoms with Gasteiger partial charge in [-0.2, -0.15) is 0 Å². The Hall–Kier alpha value is -0.570. The lowest BCUT2D eigenvalue weighted by atomic mass is 9.73. The third-order valence-electron chi connectivity index (χ3n) is 4.95. The smallest absolute Gasteiger partial charge is 0.228 e. The second-order valence-corrected chi connectivity index (χ2v) is 6.80. The first-order valence-electron chi connectivity index (χ1n) is 7.22. The van der Waals surface area contributed by atoms with Gasteiger partial charge >= 0.3 is 0 Å². The molecule has 1 N–H and O–H groups in total. The normalized spacial score (nSPS) is 21.8. The Kier molecular flexibility index (Phi) is 4.82. The van der Waals surface area contributed by atoms with E-state index in [1.165, 1.54) is 6.42 Å². The molecule has 1 aliphatic heterocycles. The monoisotopic (exact) mass is 254 g/mol. The van der Waals surface area contributed by atoms with Gasteiger partial charge in [0.15, 0.2) is 0 Å². The molecule has 1 fully saturated rings. The first-order chi connectivity index (χ1) is 8.23. The first-order valence-corrected chi connectivity index (χ1v) is 7.22.